The Hall–Kier alpha value is -1.74. The Bertz CT molecular complexity index is 509. The van der Waals surface area contributed by atoms with Crippen LogP contribution in [-0.4, -0.2) is 11.8 Å². The number of nitrogens with one attached hydrogen (secondary N) is 1. The van der Waals surface area contributed by atoms with Crippen molar-refractivity contribution in [1.29, 1.82) is 5.26 Å². The molecule has 0 aliphatic carbocycles. The Labute approximate surface area is 113 Å². The lowest BCUT2D eigenvalue weighted by atomic mass is 10.1. The van der Waals surface area contributed by atoms with Gasteiger partial charge in [0.2, 0.25) is 5.91 Å². The van der Waals surface area contributed by atoms with Crippen LogP contribution < -0.4 is 5.32 Å². The number of hydrogen-bond donors (Lipinski definition) is 1. The van der Waals surface area contributed by atoms with Crippen LogP contribution in [0.2, 0.25) is 0 Å². The fourth-order valence-electron chi connectivity index (χ4n) is 1.40. The minimum atomic E-state index is -4.64. The summed E-state index contributed by atoms with van der Waals surface area (Å²) in [5, 5.41) is 10.8. The predicted octanol–water partition coefficient (Wildman–Crippen LogP) is 3.53. The molecule has 0 spiro atoms. The van der Waals surface area contributed by atoms with Crippen molar-refractivity contribution >= 4 is 23.2 Å². The number of amides is 1. The Kier molecular flexibility index (Phi) is 5.19. The molecule has 0 aliphatic heterocycles. The van der Waals surface area contributed by atoms with Crippen molar-refractivity contribution in [3.05, 3.63) is 29.3 Å². The van der Waals surface area contributed by atoms with Crippen LogP contribution in [0.4, 0.5) is 18.9 Å². The van der Waals surface area contributed by atoms with Crippen LogP contribution in [0.3, 0.4) is 0 Å². The number of halogens is 4. The number of alkyl halides is 4. The summed E-state index contributed by atoms with van der Waals surface area (Å²) in [4.78, 5) is 11.4. The van der Waals surface area contributed by atoms with Gasteiger partial charge in [-0.05, 0) is 24.6 Å². The molecule has 0 atom stereocenters. The summed E-state index contributed by atoms with van der Waals surface area (Å²) in [7, 11) is 0. The number of nitrogens with zero attached hydrogens (tertiary/aromatic N) is 1. The monoisotopic (exact) mass is 290 g/mol. The third-order valence-electron chi connectivity index (χ3n) is 2.27. The van der Waals surface area contributed by atoms with Crippen molar-refractivity contribution in [2.24, 2.45) is 0 Å². The van der Waals surface area contributed by atoms with Gasteiger partial charge in [-0.25, -0.2) is 0 Å². The highest BCUT2D eigenvalue weighted by Gasteiger charge is 2.34. The van der Waals surface area contributed by atoms with Crippen molar-refractivity contribution < 1.29 is 18.0 Å². The first-order valence-corrected chi connectivity index (χ1v) is 5.89. The number of carbonyl (C=O) groups excluding carboxylic acids is 1. The zero-order valence-corrected chi connectivity index (χ0v) is 10.5. The molecule has 1 N–H and O–H groups in total. The second-order valence-electron chi connectivity index (χ2n) is 3.71. The van der Waals surface area contributed by atoms with Gasteiger partial charge >= 0.3 is 6.18 Å². The maximum Gasteiger partial charge on any atom is 0.418 e. The van der Waals surface area contributed by atoms with Gasteiger partial charge in [-0.3, -0.25) is 4.79 Å². The summed E-state index contributed by atoms with van der Waals surface area (Å²) in [5.74, 6) is -0.289. The van der Waals surface area contributed by atoms with E-state index in [2.05, 4.69) is 5.32 Å². The van der Waals surface area contributed by atoms with Crippen molar-refractivity contribution in [1.82, 2.24) is 0 Å². The minimum Gasteiger partial charge on any atom is -0.326 e. The zero-order chi connectivity index (χ0) is 14.5. The molecule has 0 saturated carbocycles. The van der Waals surface area contributed by atoms with Crippen LogP contribution in [0.15, 0.2) is 18.2 Å². The topological polar surface area (TPSA) is 52.9 Å². The van der Waals surface area contributed by atoms with E-state index in [-0.39, 0.29) is 23.6 Å². The molecule has 19 heavy (non-hydrogen) atoms. The number of anilines is 1. The first-order valence-electron chi connectivity index (χ1n) is 5.35. The van der Waals surface area contributed by atoms with Crippen molar-refractivity contribution in [2.45, 2.75) is 19.0 Å². The van der Waals surface area contributed by atoms with Gasteiger partial charge < -0.3 is 5.32 Å². The molecule has 7 heteroatoms. The summed E-state index contributed by atoms with van der Waals surface area (Å²) in [6.07, 6.45) is -4.21. The third kappa shape index (κ3) is 4.45. The van der Waals surface area contributed by atoms with Crippen LogP contribution >= 0.6 is 11.6 Å². The summed E-state index contributed by atoms with van der Waals surface area (Å²) in [6, 6.07) is 4.61. The number of benzene rings is 1. The van der Waals surface area contributed by atoms with Gasteiger partial charge in [0.1, 0.15) is 0 Å². The van der Waals surface area contributed by atoms with E-state index in [9.17, 15) is 18.0 Å². The van der Waals surface area contributed by atoms with E-state index in [1.54, 1.807) is 6.07 Å². The van der Waals surface area contributed by atoms with Gasteiger partial charge in [0, 0.05) is 12.3 Å². The lowest BCUT2D eigenvalue weighted by Gasteiger charge is -2.13. The normalized spacial score (nSPS) is 10.9. The van der Waals surface area contributed by atoms with Crippen molar-refractivity contribution in [3.63, 3.8) is 0 Å². The molecule has 1 amide bonds. The Balaban J connectivity index is 3.01. The number of hydrogen-bond acceptors (Lipinski definition) is 2. The molecule has 0 aliphatic rings. The van der Waals surface area contributed by atoms with E-state index in [4.69, 9.17) is 16.9 Å². The zero-order valence-electron chi connectivity index (χ0n) is 9.72. The molecule has 0 heterocycles. The average molecular weight is 291 g/mol. The van der Waals surface area contributed by atoms with Gasteiger partial charge in [0.15, 0.2) is 0 Å². The lowest BCUT2D eigenvalue weighted by molar-refractivity contribution is -0.137. The van der Waals surface area contributed by atoms with Crippen LogP contribution in [0.1, 0.15) is 24.0 Å². The summed E-state index contributed by atoms with van der Waals surface area (Å²) in [6.45, 7) is 0. The fraction of sp³-hybridized carbons (Fsp3) is 0.333. The standard InChI is InChI=1S/C12H10ClF3N2O/c13-5-1-2-11(19)18-10-4-3-8(7-17)6-9(10)12(14,15)16/h3-4,6H,1-2,5H2,(H,18,19). The minimum absolute atomic E-state index is 0.0425. The molecule has 3 nitrogen and oxygen atoms in total. The average Bonchev–Trinajstić information content (AvgIpc) is 2.35. The van der Waals surface area contributed by atoms with Gasteiger partial charge in [-0.2, -0.15) is 18.4 Å². The number of nitriles is 1. The summed E-state index contributed by atoms with van der Waals surface area (Å²) < 4.78 is 38.4. The summed E-state index contributed by atoms with van der Waals surface area (Å²) >= 11 is 5.40. The fourth-order valence-corrected chi connectivity index (χ4v) is 1.53. The Morgan fingerprint density at radius 3 is 2.63 bits per heavy atom. The lowest BCUT2D eigenvalue weighted by Crippen LogP contribution is -2.16. The molecule has 0 bridgehead atoms. The second kappa shape index (κ2) is 6.43. The van der Waals surface area contributed by atoms with E-state index in [1.807, 2.05) is 0 Å². The molecule has 1 aromatic rings. The van der Waals surface area contributed by atoms with E-state index in [1.165, 1.54) is 6.07 Å². The largest absolute Gasteiger partial charge is 0.418 e. The van der Waals surface area contributed by atoms with Crippen LogP contribution in [0.5, 0.6) is 0 Å². The second-order valence-corrected chi connectivity index (χ2v) is 4.09. The molecule has 0 aromatic heterocycles. The maximum absolute atomic E-state index is 12.8. The first kappa shape index (κ1) is 15.3. The molecule has 102 valence electrons. The quantitative estimate of drug-likeness (QED) is 0.862. The van der Waals surface area contributed by atoms with Crippen LogP contribution in [-0.2, 0) is 11.0 Å². The smallest absolute Gasteiger partial charge is 0.326 e. The molecule has 1 aromatic carbocycles. The number of rotatable bonds is 4. The van der Waals surface area contributed by atoms with Crippen molar-refractivity contribution in [2.75, 3.05) is 11.2 Å². The van der Waals surface area contributed by atoms with Gasteiger partial charge in [0.05, 0.1) is 22.9 Å². The van der Waals surface area contributed by atoms with E-state index in [0.29, 0.717) is 12.5 Å². The SMILES string of the molecule is N#Cc1ccc(NC(=O)CCCCl)c(C(F)(F)F)c1. The highest BCUT2D eigenvalue weighted by Crippen LogP contribution is 2.35. The van der Waals surface area contributed by atoms with E-state index in [0.717, 1.165) is 6.07 Å². The molecular weight excluding hydrogens is 281 g/mol. The molecule has 0 saturated heterocycles. The molecule has 0 radical (unpaired) electrons. The summed E-state index contributed by atoms with van der Waals surface area (Å²) in [5.41, 5.74) is -1.51. The first-order chi connectivity index (χ1) is 8.88. The van der Waals surface area contributed by atoms with Crippen molar-refractivity contribution in [3.8, 4) is 6.07 Å². The Morgan fingerprint density at radius 2 is 2.11 bits per heavy atom. The molecule has 0 unspecified atom stereocenters. The molecule has 1 rings (SSSR count). The van der Waals surface area contributed by atoms with Crippen LogP contribution in [0.25, 0.3) is 0 Å². The maximum atomic E-state index is 12.8. The van der Waals surface area contributed by atoms with E-state index >= 15 is 0 Å². The predicted molar refractivity (Wildman–Crippen MR) is 64.7 cm³/mol. The molecular formula is C12H10ClF3N2O. The number of carbonyl (C=O) groups is 1. The third-order valence-corrected chi connectivity index (χ3v) is 2.53. The highest BCUT2D eigenvalue weighted by atomic mass is 35.5. The van der Waals surface area contributed by atoms with Crippen LogP contribution in [0, 0.1) is 11.3 Å². The van der Waals surface area contributed by atoms with Gasteiger partial charge in [0.25, 0.3) is 0 Å². The Morgan fingerprint density at radius 1 is 1.42 bits per heavy atom. The molecule has 0 fully saturated rings. The van der Waals surface area contributed by atoms with E-state index < -0.39 is 17.6 Å². The highest BCUT2D eigenvalue weighted by molar-refractivity contribution is 6.18. The van der Waals surface area contributed by atoms with Gasteiger partial charge in [-0.15, -0.1) is 11.6 Å². The van der Waals surface area contributed by atoms with Gasteiger partial charge in [-0.1, -0.05) is 0 Å².